The van der Waals surface area contributed by atoms with Crippen molar-refractivity contribution in [2.75, 3.05) is 13.6 Å². The Bertz CT molecular complexity index is 419. The van der Waals surface area contributed by atoms with Crippen molar-refractivity contribution in [1.82, 2.24) is 10.2 Å². The van der Waals surface area contributed by atoms with Crippen LogP contribution >= 0.6 is 0 Å². The summed E-state index contributed by atoms with van der Waals surface area (Å²) in [6.07, 6.45) is 3.06. The van der Waals surface area contributed by atoms with Gasteiger partial charge in [0.25, 0.3) is 0 Å². The monoisotopic (exact) mass is 230 g/mol. The van der Waals surface area contributed by atoms with Crippen LogP contribution in [0, 0.1) is 0 Å². The molecule has 1 amide bonds. The predicted octanol–water partition coefficient (Wildman–Crippen LogP) is 0.974. The summed E-state index contributed by atoms with van der Waals surface area (Å²) in [6.45, 7) is 0.885. The van der Waals surface area contributed by atoms with Crippen LogP contribution in [0.1, 0.15) is 17.5 Å². The van der Waals surface area contributed by atoms with Crippen molar-refractivity contribution in [3.63, 3.8) is 0 Å². The molecule has 3 nitrogen and oxygen atoms in total. The number of carbonyl (C=O) groups excluding carboxylic acids is 1. The fraction of sp³-hybridized carbons (Fsp3) is 0.500. The zero-order valence-electron chi connectivity index (χ0n) is 10.1. The van der Waals surface area contributed by atoms with Crippen LogP contribution in [0.25, 0.3) is 0 Å². The van der Waals surface area contributed by atoms with Crippen LogP contribution in [0.15, 0.2) is 24.3 Å². The molecule has 1 aromatic carbocycles. The van der Waals surface area contributed by atoms with Gasteiger partial charge in [0, 0.05) is 19.6 Å². The first-order valence-corrected chi connectivity index (χ1v) is 6.32. The van der Waals surface area contributed by atoms with Gasteiger partial charge in [0.15, 0.2) is 0 Å². The minimum Gasteiger partial charge on any atom is -0.344 e. The molecule has 3 heteroatoms. The van der Waals surface area contributed by atoms with E-state index in [0.29, 0.717) is 6.04 Å². The summed E-state index contributed by atoms with van der Waals surface area (Å²) in [4.78, 5) is 13.6. The number of carbonyl (C=O) groups is 1. The molecule has 0 aromatic heterocycles. The molecule has 90 valence electrons. The van der Waals surface area contributed by atoms with Crippen molar-refractivity contribution in [3.05, 3.63) is 35.4 Å². The number of amides is 1. The summed E-state index contributed by atoms with van der Waals surface area (Å²) in [6, 6.07) is 9.05. The molecule has 0 bridgehead atoms. The minimum absolute atomic E-state index is 0.0410. The largest absolute Gasteiger partial charge is 0.344 e. The van der Waals surface area contributed by atoms with E-state index >= 15 is 0 Å². The molecule has 0 radical (unpaired) electrons. The zero-order chi connectivity index (χ0) is 11.8. The molecule has 1 heterocycles. The van der Waals surface area contributed by atoms with Gasteiger partial charge in [0.2, 0.25) is 5.91 Å². The average Bonchev–Trinajstić information content (AvgIpc) is 2.87. The molecule has 1 saturated heterocycles. The van der Waals surface area contributed by atoms with Crippen LogP contribution in [0.2, 0.25) is 0 Å². The van der Waals surface area contributed by atoms with Crippen molar-refractivity contribution < 1.29 is 4.79 Å². The third-order valence-corrected chi connectivity index (χ3v) is 3.92. The average molecular weight is 230 g/mol. The maximum Gasteiger partial charge on any atom is 0.239 e. The molecule has 1 atom stereocenters. The van der Waals surface area contributed by atoms with Crippen molar-refractivity contribution in [2.45, 2.75) is 31.3 Å². The number of likely N-dealkylation sites (N-methyl/N-ethyl adjacent to an activating group) is 1. The Morgan fingerprint density at radius 1 is 1.24 bits per heavy atom. The van der Waals surface area contributed by atoms with Crippen molar-refractivity contribution in [2.24, 2.45) is 0 Å². The lowest BCUT2D eigenvalue weighted by Crippen LogP contribution is -2.43. The quantitative estimate of drug-likeness (QED) is 0.821. The van der Waals surface area contributed by atoms with Crippen LogP contribution in [0.5, 0.6) is 0 Å². The van der Waals surface area contributed by atoms with Crippen molar-refractivity contribution >= 4 is 5.91 Å². The SMILES string of the molecule is CN1CCC(NC2Cc3ccccc3C2)C1=O. The van der Waals surface area contributed by atoms with Gasteiger partial charge in [-0.05, 0) is 30.4 Å². The molecule has 1 unspecified atom stereocenters. The van der Waals surface area contributed by atoms with Gasteiger partial charge < -0.3 is 10.2 Å². The molecule has 3 rings (SSSR count). The number of hydrogen-bond acceptors (Lipinski definition) is 2. The summed E-state index contributed by atoms with van der Waals surface area (Å²) in [5.74, 6) is 0.251. The van der Waals surface area contributed by atoms with E-state index in [9.17, 15) is 4.79 Å². The molecule has 1 fully saturated rings. The van der Waals surface area contributed by atoms with E-state index in [1.165, 1.54) is 11.1 Å². The van der Waals surface area contributed by atoms with Gasteiger partial charge in [-0.2, -0.15) is 0 Å². The van der Waals surface area contributed by atoms with Crippen molar-refractivity contribution in [1.29, 1.82) is 0 Å². The molecule has 1 aliphatic heterocycles. The highest BCUT2D eigenvalue weighted by Gasteiger charge is 2.32. The first kappa shape index (κ1) is 10.8. The number of benzene rings is 1. The van der Waals surface area contributed by atoms with E-state index in [-0.39, 0.29) is 11.9 Å². The second-order valence-corrected chi connectivity index (χ2v) is 5.14. The standard InChI is InChI=1S/C14H18N2O/c1-16-7-6-13(14(16)17)15-12-8-10-4-2-3-5-11(10)9-12/h2-5,12-13,15H,6-9H2,1H3. The van der Waals surface area contributed by atoms with Crippen LogP contribution in [0.3, 0.4) is 0 Å². The summed E-state index contributed by atoms with van der Waals surface area (Å²) >= 11 is 0. The van der Waals surface area contributed by atoms with Crippen LogP contribution in [-0.2, 0) is 17.6 Å². The molecule has 17 heavy (non-hydrogen) atoms. The highest BCUT2D eigenvalue weighted by atomic mass is 16.2. The smallest absolute Gasteiger partial charge is 0.239 e. The van der Waals surface area contributed by atoms with Crippen molar-refractivity contribution in [3.8, 4) is 0 Å². The van der Waals surface area contributed by atoms with Gasteiger partial charge in [-0.1, -0.05) is 24.3 Å². The lowest BCUT2D eigenvalue weighted by atomic mass is 10.1. The third-order valence-electron chi connectivity index (χ3n) is 3.92. The number of likely N-dealkylation sites (tertiary alicyclic amines) is 1. The lowest BCUT2D eigenvalue weighted by molar-refractivity contribution is -0.128. The molecule has 2 aliphatic rings. The summed E-state index contributed by atoms with van der Waals surface area (Å²) in [5.41, 5.74) is 2.87. The molecule has 0 spiro atoms. The Balaban J connectivity index is 1.64. The molecular weight excluding hydrogens is 212 g/mol. The Morgan fingerprint density at radius 3 is 2.41 bits per heavy atom. The van der Waals surface area contributed by atoms with Gasteiger partial charge in [0.1, 0.15) is 0 Å². The first-order chi connectivity index (χ1) is 8.24. The maximum absolute atomic E-state index is 11.8. The maximum atomic E-state index is 11.8. The number of rotatable bonds is 2. The normalized spacial score (nSPS) is 24.4. The number of hydrogen-bond donors (Lipinski definition) is 1. The highest BCUT2D eigenvalue weighted by molar-refractivity contribution is 5.83. The predicted molar refractivity (Wildman–Crippen MR) is 66.8 cm³/mol. The van der Waals surface area contributed by atoms with E-state index in [2.05, 4.69) is 29.6 Å². The van der Waals surface area contributed by atoms with E-state index in [1.54, 1.807) is 0 Å². The van der Waals surface area contributed by atoms with E-state index < -0.39 is 0 Å². The van der Waals surface area contributed by atoms with Gasteiger partial charge in [-0.25, -0.2) is 0 Å². The minimum atomic E-state index is 0.0410. The molecule has 1 N–H and O–H groups in total. The second-order valence-electron chi connectivity index (χ2n) is 5.14. The lowest BCUT2D eigenvalue weighted by Gasteiger charge is -2.17. The summed E-state index contributed by atoms with van der Waals surface area (Å²) in [7, 11) is 1.88. The molecule has 1 aromatic rings. The fourth-order valence-electron chi connectivity index (χ4n) is 2.94. The van der Waals surface area contributed by atoms with E-state index in [1.807, 2.05) is 11.9 Å². The Hall–Kier alpha value is -1.35. The molecule has 0 saturated carbocycles. The van der Waals surface area contributed by atoms with Crippen LogP contribution in [-0.4, -0.2) is 36.5 Å². The number of nitrogens with one attached hydrogen (secondary N) is 1. The summed E-state index contributed by atoms with van der Waals surface area (Å²) in [5, 5.41) is 3.51. The first-order valence-electron chi connectivity index (χ1n) is 6.32. The topological polar surface area (TPSA) is 32.3 Å². The van der Waals surface area contributed by atoms with E-state index in [0.717, 1.165) is 25.8 Å². The van der Waals surface area contributed by atoms with Gasteiger partial charge >= 0.3 is 0 Å². The van der Waals surface area contributed by atoms with E-state index in [4.69, 9.17) is 0 Å². The molecular formula is C14H18N2O. The van der Waals surface area contributed by atoms with Gasteiger partial charge in [0.05, 0.1) is 6.04 Å². The fourth-order valence-corrected chi connectivity index (χ4v) is 2.94. The Labute approximate surface area is 102 Å². The van der Waals surface area contributed by atoms with Crippen LogP contribution in [0.4, 0.5) is 0 Å². The highest BCUT2D eigenvalue weighted by Crippen LogP contribution is 2.23. The molecule has 1 aliphatic carbocycles. The van der Waals surface area contributed by atoms with Gasteiger partial charge in [-0.3, -0.25) is 4.79 Å². The number of nitrogens with zero attached hydrogens (tertiary/aromatic N) is 1. The third kappa shape index (κ3) is 1.95. The summed E-state index contributed by atoms with van der Waals surface area (Å²) < 4.78 is 0. The van der Waals surface area contributed by atoms with Gasteiger partial charge in [-0.15, -0.1) is 0 Å². The zero-order valence-corrected chi connectivity index (χ0v) is 10.1. The van der Waals surface area contributed by atoms with Crippen LogP contribution < -0.4 is 5.32 Å². The Kier molecular flexibility index (Phi) is 2.63. The Morgan fingerprint density at radius 2 is 1.88 bits per heavy atom. The second kappa shape index (κ2) is 4.15. The number of fused-ring (bicyclic) bond motifs is 1.